The molecule has 0 spiro atoms. The minimum Gasteiger partial charge on any atom is -0.400 e. The summed E-state index contributed by atoms with van der Waals surface area (Å²) in [4.78, 5) is 5.04. The van der Waals surface area contributed by atoms with E-state index in [9.17, 15) is 0 Å². The summed E-state index contributed by atoms with van der Waals surface area (Å²) in [5.41, 5.74) is 1.35. The Morgan fingerprint density at radius 3 is 2.74 bits per heavy atom. The van der Waals surface area contributed by atoms with Gasteiger partial charge in [-0.25, -0.2) is 0 Å². The Hall–Kier alpha value is -0.900. The van der Waals surface area contributed by atoms with E-state index in [-0.39, 0.29) is 0 Å². The third kappa shape index (κ3) is 6.19. The van der Waals surface area contributed by atoms with Crippen LogP contribution in [-0.4, -0.2) is 61.8 Å². The number of aliphatic hydroxyl groups excluding tert-OH is 1. The van der Waals surface area contributed by atoms with E-state index in [2.05, 4.69) is 54.2 Å². The number of nitrogens with zero attached hydrogens (tertiary/aromatic N) is 2. The molecule has 1 N–H and O–H groups in total. The van der Waals surface area contributed by atoms with Crippen molar-refractivity contribution in [2.24, 2.45) is 5.92 Å². The predicted octanol–water partition coefficient (Wildman–Crippen LogP) is 1.92. The molecule has 1 unspecified atom stereocenters. The first-order valence-electron chi connectivity index (χ1n) is 7.13. The average Bonchev–Trinajstić information content (AvgIpc) is 2.74. The average molecular weight is 264 g/mol. The molecule has 2 rings (SSSR count). The molecule has 2 aliphatic rings. The molecular formula is C16H28N2O. The van der Waals surface area contributed by atoms with Crippen LogP contribution in [-0.2, 0) is 0 Å². The molecule has 1 aliphatic carbocycles. The van der Waals surface area contributed by atoms with E-state index < -0.39 is 0 Å². The Labute approximate surface area is 117 Å². The van der Waals surface area contributed by atoms with Crippen molar-refractivity contribution in [1.82, 2.24) is 9.80 Å². The summed E-state index contributed by atoms with van der Waals surface area (Å²) in [5.74, 6) is 0.576. The zero-order chi connectivity index (χ0) is 14.1. The van der Waals surface area contributed by atoms with E-state index >= 15 is 0 Å². The van der Waals surface area contributed by atoms with Crippen molar-refractivity contribution in [3.8, 4) is 0 Å². The Bertz CT molecular complexity index is 334. The van der Waals surface area contributed by atoms with Gasteiger partial charge < -0.3 is 14.9 Å². The van der Waals surface area contributed by atoms with Crippen LogP contribution in [0, 0.1) is 5.92 Å². The van der Waals surface area contributed by atoms with Crippen LogP contribution in [0.3, 0.4) is 0 Å². The molecule has 3 heteroatoms. The van der Waals surface area contributed by atoms with Crippen LogP contribution < -0.4 is 0 Å². The molecule has 0 amide bonds. The molecule has 19 heavy (non-hydrogen) atoms. The summed E-state index contributed by atoms with van der Waals surface area (Å²) in [5, 5.41) is 7.00. The highest BCUT2D eigenvalue weighted by Gasteiger charge is 2.14. The zero-order valence-electron chi connectivity index (χ0n) is 12.5. The second-order valence-electron chi connectivity index (χ2n) is 5.28. The van der Waals surface area contributed by atoms with E-state index in [0.29, 0.717) is 5.92 Å². The van der Waals surface area contributed by atoms with Gasteiger partial charge >= 0.3 is 0 Å². The lowest BCUT2D eigenvalue weighted by molar-refractivity contribution is 0.265. The molecular weight excluding hydrogens is 236 g/mol. The third-order valence-electron chi connectivity index (χ3n) is 3.60. The van der Waals surface area contributed by atoms with E-state index in [4.69, 9.17) is 5.11 Å². The number of rotatable bonds is 2. The molecule has 0 aromatic heterocycles. The maximum atomic E-state index is 7.00. The second-order valence-corrected chi connectivity index (χ2v) is 5.28. The van der Waals surface area contributed by atoms with Crippen LogP contribution in [0.2, 0.25) is 0 Å². The van der Waals surface area contributed by atoms with E-state index in [0.717, 1.165) is 7.11 Å². The first-order chi connectivity index (χ1) is 9.24. The van der Waals surface area contributed by atoms with Crippen molar-refractivity contribution >= 4 is 0 Å². The van der Waals surface area contributed by atoms with Crippen molar-refractivity contribution in [3.05, 3.63) is 36.0 Å². The monoisotopic (exact) mass is 264 g/mol. The van der Waals surface area contributed by atoms with Crippen LogP contribution in [0.15, 0.2) is 36.0 Å². The lowest BCUT2D eigenvalue weighted by atomic mass is 10.1. The maximum Gasteiger partial charge on any atom is 0.0319 e. The van der Waals surface area contributed by atoms with Crippen molar-refractivity contribution in [2.45, 2.75) is 13.3 Å². The smallest absolute Gasteiger partial charge is 0.0319 e. The summed E-state index contributed by atoms with van der Waals surface area (Å²) in [6, 6.07) is 0. The highest BCUT2D eigenvalue weighted by atomic mass is 16.2. The van der Waals surface area contributed by atoms with Gasteiger partial charge in [0, 0.05) is 32.7 Å². The molecule has 0 saturated carbocycles. The molecule has 3 nitrogen and oxygen atoms in total. The van der Waals surface area contributed by atoms with E-state index in [1.54, 1.807) is 0 Å². The van der Waals surface area contributed by atoms with Gasteiger partial charge in [-0.05, 0) is 33.5 Å². The fraction of sp³-hybridized carbons (Fsp3) is 0.625. The van der Waals surface area contributed by atoms with Gasteiger partial charge in [0.15, 0.2) is 0 Å². The zero-order valence-corrected chi connectivity index (χ0v) is 12.5. The normalized spacial score (nSPS) is 25.1. The van der Waals surface area contributed by atoms with Gasteiger partial charge in [0.1, 0.15) is 0 Å². The predicted molar refractivity (Wildman–Crippen MR) is 82.2 cm³/mol. The van der Waals surface area contributed by atoms with E-state index in [1.807, 2.05) is 0 Å². The van der Waals surface area contributed by atoms with Gasteiger partial charge in [0.05, 0.1) is 0 Å². The maximum absolute atomic E-state index is 7.00. The molecule has 1 fully saturated rings. The summed E-state index contributed by atoms with van der Waals surface area (Å²) in [6.45, 7) is 8.23. The molecule has 0 bridgehead atoms. The van der Waals surface area contributed by atoms with Crippen molar-refractivity contribution < 1.29 is 5.11 Å². The molecule has 1 atom stereocenters. The van der Waals surface area contributed by atoms with Crippen LogP contribution in [0.5, 0.6) is 0 Å². The summed E-state index contributed by atoms with van der Waals surface area (Å²) in [7, 11) is 3.22. The second kappa shape index (κ2) is 9.08. The van der Waals surface area contributed by atoms with Crippen molar-refractivity contribution in [2.75, 3.05) is 46.9 Å². The lowest BCUT2D eigenvalue weighted by Gasteiger charge is -2.22. The lowest BCUT2D eigenvalue weighted by Crippen LogP contribution is -2.32. The van der Waals surface area contributed by atoms with Crippen molar-refractivity contribution in [1.29, 1.82) is 0 Å². The molecule has 1 saturated heterocycles. The van der Waals surface area contributed by atoms with Crippen LogP contribution >= 0.6 is 0 Å². The molecule has 1 heterocycles. The number of likely N-dealkylation sites (N-methyl/N-ethyl adjacent to an activating group) is 1. The summed E-state index contributed by atoms with van der Waals surface area (Å²) >= 11 is 0. The Balaban J connectivity index is 0.000000861. The SMILES string of the molecule is CC1=CC=CC(CN2CCCN(C)CC2)C=C1.CO. The number of aliphatic hydroxyl groups is 1. The van der Waals surface area contributed by atoms with Crippen LogP contribution in [0.1, 0.15) is 13.3 Å². The van der Waals surface area contributed by atoms with Gasteiger partial charge in [-0.3, -0.25) is 0 Å². The van der Waals surface area contributed by atoms with Crippen LogP contribution in [0.4, 0.5) is 0 Å². The minimum absolute atomic E-state index is 0.576. The quantitative estimate of drug-likeness (QED) is 0.825. The molecule has 0 aromatic carbocycles. The number of hydrogen-bond donors (Lipinski definition) is 1. The fourth-order valence-corrected chi connectivity index (χ4v) is 2.45. The molecule has 1 aliphatic heterocycles. The van der Waals surface area contributed by atoms with Gasteiger partial charge in [0.25, 0.3) is 0 Å². The topological polar surface area (TPSA) is 26.7 Å². The van der Waals surface area contributed by atoms with Crippen molar-refractivity contribution in [3.63, 3.8) is 0 Å². The van der Waals surface area contributed by atoms with Gasteiger partial charge in [-0.2, -0.15) is 0 Å². The summed E-state index contributed by atoms with van der Waals surface area (Å²) < 4.78 is 0. The Kier molecular flexibility index (Phi) is 7.72. The fourth-order valence-electron chi connectivity index (χ4n) is 2.45. The number of allylic oxidation sites excluding steroid dienone is 4. The molecule has 108 valence electrons. The standard InChI is InChI=1S/C15H24N2.CH4O/c1-14-5-3-6-15(8-7-14)13-17-10-4-9-16(2)11-12-17;1-2/h3,5-8,15H,4,9-13H2,1-2H3;2H,1H3. The molecule has 0 radical (unpaired) electrons. The third-order valence-corrected chi connectivity index (χ3v) is 3.60. The first kappa shape index (κ1) is 16.2. The molecule has 0 aromatic rings. The highest BCUT2D eigenvalue weighted by Crippen LogP contribution is 2.13. The van der Waals surface area contributed by atoms with Gasteiger partial charge in [0.2, 0.25) is 0 Å². The Morgan fingerprint density at radius 2 is 1.95 bits per heavy atom. The summed E-state index contributed by atoms with van der Waals surface area (Å²) in [6.07, 6.45) is 12.6. The van der Waals surface area contributed by atoms with Gasteiger partial charge in [-0.15, -0.1) is 0 Å². The Morgan fingerprint density at radius 1 is 1.16 bits per heavy atom. The van der Waals surface area contributed by atoms with Crippen LogP contribution in [0.25, 0.3) is 0 Å². The first-order valence-corrected chi connectivity index (χ1v) is 7.13. The van der Waals surface area contributed by atoms with Gasteiger partial charge in [-0.1, -0.05) is 36.0 Å². The highest BCUT2D eigenvalue weighted by molar-refractivity contribution is 5.27. The largest absolute Gasteiger partial charge is 0.400 e. The minimum atomic E-state index is 0.576. The van der Waals surface area contributed by atoms with E-state index in [1.165, 1.54) is 44.7 Å². The number of hydrogen-bond acceptors (Lipinski definition) is 3.